The van der Waals surface area contributed by atoms with E-state index in [4.69, 9.17) is 21.7 Å². The molecule has 0 aliphatic heterocycles. The molecule has 4 unspecified atom stereocenters. The van der Waals surface area contributed by atoms with Crippen LogP contribution in [-0.4, -0.2) is 141 Å². The summed E-state index contributed by atoms with van der Waals surface area (Å²) in [5.41, 5.74) is 9.54. The molecule has 0 spiro atoms. The van der Waals surface area contributed by atoms with Crippen molar-refractivity contribution in [3.8, 4) is 11.5 Å². The van der Waals surface area contributed by atoms with Crippen molar-refractivity contribution >= 4 is 84.1 Å². The lowest BCUT2D eigenvalue weighted by atomic mass is 10.0. The van der Waals surface area contributed by atoms with Crippen LogP contribution in [0.25, 0.3) is 0 Å². The van der Waals surface area contributed by atoms with Gasteiger partial charge in [0.25, 0.3) is 11.8 Å². The third-order valence-electron chi connectivity index (χ3n) is 7.26. The molecule has 13 N–H and O–H groups in total. The molecule has 0 fully saturated rings. The summed E-state index contributed by atoms with van der Waals surface area (Å²) in [5, 5.41) is 67.2. The zero-order valence-corrected chi connectivity index (χ0v) is 29.6. The number of carboxylic acid groups (broad SMARTS) is 4. The number of carbonyl (C=O) groups excluding carboxylic acids is 4. The largest absolute Gasteiger partial charge is 0.503 e. The van der Waals surface area contributed by atoms with Crippen LogP contribution in [0.4, 0.5) is 11.4 Å². The summed E-state index contributed by atoms with van der Waals surface area (Å²) >= 11 is 8.11. The number of carboxylic acids is 4. The summed E-state index contributed by atoms with van der Waals surface area (Å²) in [5.74, 6) is -13.1. The van der Waals surface area contributed by atoms with E-state index in [2.05, 4.69) is 41.2 Å². The number of amides is 4. The zero-order valence-electron chi connectivity index (χ0n) is 27.9. The van der Waals surface area contributed by atoms with Gasteiger partial charge in [0.1, 0.15) is 37.3 Å². The van der Waals surface area contributed by atoms with Crippen LogP contribution >= 0.6 is 25.3 Å². The maximum absolute atomic E-state index is 13.8. The number of hydrogen-bond donors (Lipinski definition) is 13. The van der Waals surface area contributed by atoms with E-state index in [1.807, 2.05) is 0 Å². The number of rotatable bonds is 23. The van der Waals surface area contributed by atoms with Crippen LogP contribution in [0.1, 0.15) is 31.2 Å². The molecule has 4 atom stereocenters. The smallest absolute Gasteiger partial charge is 0.323 e. The van der Waals surface area contributed by atoms with Crippen molar-refractivity contribution in [1.82, 2.24) is 16.0 Å². The summed E-state index contributed by atoms with van der Waals surface area (Å²) in [6.45, 7) is -2.19. The van der Waals surface area contributed by atoms with Crippen molar-refractivity contribution in [2.45, 2.75) is 56.3 Å². The Hall–Kier alpha value is -4.84. The average Bonchev–Trinajstić information content (AvgIpc) is 3.08. The summed E-state index contributed by atoms with van der Waals surface area (Å²) in [6.07, 6.45) is -1.61. The molecule has 4 amide bonds. The van der Waals surface area contributed by atoms with E-state index in [1.54, 1.807) is 0 Å². The maximum atomic E-state index is 13.8. The molecule has 1 aromatic rings. The van der Waals surface area contributed by atoms with E-state index < -0.39 is 132 Å². The molecule has 1 aromatic carbocycles. The number of likely N-dealkylation sites (N-methyl/N-ethyl adjacent to an activating group) is 1. The summed E-state index contributed by atoms with van der Waals surface area (Å²) in [7, 11) is 1.52. The van der Waals surface area contributed by atoms with Gasteiger partial charge in [0.2, 0.25) is 11.8 Å². The molecule has 0 heterocycles. The number of aliphatic carboxylic acids is 4. The Morgan fingerprint density at radius 2 is 1.15 bits per heavy atom. The quantitative estimate of drug-likeness (QED) is 0.0387. The van der Waals surface area contributed by atoms with Crippen molar-refractivity contribution in [1.29, 1.82) is 0 Å². The fourth-order valence-electron chi connectivity index (χ4n) is 4.56. The van der Waals surface area contributed by atoms with Crippen molar-refractivity contribution in [3.05, 3.63) is 11.6 Å². The molecule has 0 radical (unpaired) electrons. The Bertz CT molecular complexity index is 1510. The standard InChI is InChI=1S/C29H43N7O14S2/c1-32-7-6-13-8-18(35(9-21(39)40)26(45)16(11-51)33-19(37)4-2-14(30)28(47)48)24(43)25(44)23(13)36(10-22(41)42)27(46)17(12-52)34-20(38)5-3-15(31)29(49)50/h8,14-17,32,43-44,51-52H,2-7,9-12,30-31H2,1H3,(H,33,37)(H,34,38)(H,39,40)(H,41,42)(H,47,48)(H,49,50). The first-order valence-corrected chi connectivity index (χ1v) is 16.6. The first-order chi connectivity index (χ1) is 24.3. The van der Waals surface area contributed by atoms with Gasteiger partial charge in [0.15, 0.2) is 11.5 Å². The van der Waals surface area contributed by atoms with E-state index >= 15 is 0 Å². The number of anilines is 2. The number of hydrogen-bond acceptors (Lipinski definition) is 15. The SMILES string of the molecule is CNCCc1cc(N(CC(=O)O)C(=O)C(CS)NC(=O)CCC(N)C(=O)O)c(O)c(O)c1N(CC(=O)O)C(=O)C(CS)NC(=O)CCC(N)C(=O)O. The number of nitrogens with one attached hydrogen (secondary N) is 3. The van der Waals surface area contributed by atoms with Gasteiger partial charge in [-0.3, -0.25) is 48.2 Å². The second-order valence-electron chi connectivity index (χ2n) is 11.2. The normalized spacial score (nSPS) is 13.2. The molecule has 290 valence electrons. The lowest BCUT2D eigenvalue weighted by Crippen LogP contribution is -2.52. The molecule has 0 bridgehead atoms. The second kappa shape index (κ2) is 21.5. The second-order valence-corrected chi connectivity index (χ2v) is 11.9. The van der Waals surface area contributed by atoms with Gasteiger partial charge in [-0.1, -0.05) is 0 Å². The van der Waals surface area contributed by atoms with Gasteiger partial charge in [-0.05, 0) is 44.5 Å². The van der Waals surface area contributed by atoms with Crippen molar-refractivity contribution < 1.29 is 69.0 Å². The number of phenolic OH excluding ortho intramolecular Hbond substituents is 2. The van der Waals surface area contributed by atoms with Crippen LogP contribution in [0.5, 0.6) is 11.5 Å². The van der Waals surface area contributed by atoms with Crippen molar-refractivity contribution in [2.24, 2.45) is 11.5 Å². The molecule has 0 aliphatic rings. The van der Waals surface area contributed by atoms with Crippen LogP contribution in [0.15, 0.2) is 6.07 Å². The Kier molecular flexibility index (Phi) is 18.7. The fourth-order valence-corrected chi connectivity index (χ4v) is 5.06. The first kappa shape index (κ1) is 45.2. The Morgan fingerprint density at radius 1 is 0.731 bits per heavy atom. The van der Waals surface area contributed by atoms with Crippen molar-refractivity contribution in [3.63, 3.8) is 0 Å². The van der Waals surface area contributed by atoms with E-state index in [1.165, 1.54) is 7.05 Å². The minimum absolute atomic E-state index is 0.0863. The summed E-state index contributed by atoms with van der Waals surface area (Å²) in [4.78, 5) is 99.3. The van der Waals surface area contributed by atoms with Gasteiger partial charge < -0.3 is 58.1 Å². The highest BCUT2D eigenvalue weighted by Crippen LogP contribution is 2.46. The molecule has 23 heteroatoms. The topological polar surface area (TPSA) is 353 Å². The van der Waals surface area contributed by atoms with E-state index in [-0.39, 0.29) is 31.4 Å². The predicted molar refractivity (Wildman–Crippen MR) is 189 cm³/mol. The number of aromatic hydroxyl groups is 2. The number of carbonyl (C=O) groups is 8. The van der Waals surface area contributed by atoms with Crippen LogP contribution in [0.2, 0.25) is 0 Å². The van der Waals surface area contributed by atoms with Crippen LogP contribution in [0, 0.1) is 0 Å². The van der Waals surface area contributed by atoms with Crippen LogP contribution < -0.4 is 37.2 Å². The molecule has 0 aromatic heterocycles. The molecule has 21 nitrogen and oxygen atoms in total. The number of nitrogens with two attached hydrogens (primary N) is 2. The third kappa shape index (κ3) is 13.4. The monoisotopic (exact) mass is 777 g/mol. The van der Waals surface area contributed by atoms with Gasteiger partial charge in [-0.15, -0.1) is 0 Å². The number of nitrogens with zero attached hydrogens (tertiary/aromatic N) is 2. The molecule has 0 saturated heterocycles. The minimum atomic E-state index is -1.61. The van der Waals surface area contributed by atoms with Crippen molar-refractivity contribution in [2.75, 3.05) is 48.0 Å². The van der Waals surface area contributed by atoms with Crippen LogP contribution in [0.3, 0.4) is 0 Å². The van der Waals surface area contributed by atoms with E-state index in [9.17, 15) is 58.8 Å². The molecule has 0 saturated carbocycles. The van der Waals surface area contributed by atoms with Gasteiger partial charge >= 0.3 is 23.9 Å². The lowest BCUT2D eigenvalue weighted by molar-refractivity contribution is -0.140. The average molecular weight is 778 g/mol. The van der Waals surface area contributed by atoms with Gasteiger partial charge in [-0.2, -0.15) is 25.3 Å². The molecule has 52 heavy (non-hydrogen) atoms. The lowest BCUT2D eigenvalue weighted by Gasteiger charge is -2.31. The Balaban J connectivity index is 3.74. The highest BCUT2D eigenvalue weighted by Gasteiger charge is 2.36. The summed E-state index contributed by atoms with van der Waals surface area (Å²) in [6, 6.07) is -4.85. The minimum Gasteiger partial charge on any atom is -0.503 e. The molecular weight excluding hydrogens is 734 g/mol. The number of phenols is 2. The van der Waals surface area contributed by atoms with Crippen LogP contribution in [-0.2, 0) is 44.8 Å². The van der Waals surface area contributed by atoms with Gasteiger partial charge in [0, 0.05) is 24.3 Å². The maximum Gasteiger partial charge on any atom is 0.323 e. The molecule has 0 aliphatic carbocycles. The first-order valence-electron chi connectivity index (χ1n) is 15.4. The van der Waals surface area contributed by atoms with E-state index in [0.29, 0.717) is 9.80 Å². The summed E-state index contributed by atoms with van der Waals surface area (Å²) < 4.78 is 0. The van der Waals surface area contributed by atoms with Gasteiger partial charge in [0.05, 0.1) is 11.4 Å². The Morgan fingerprint density at radius 3 is 1.54 bits per heavy atom. The zero-order chi connectivity index (χ0) is 39.9. The Labute approximate surface area is 307 Å². The fraction of sp³-hybridized carbons (Fsp3) is 0.517. The number of thiol groups is 2. The highest BCUT2D eigenvalue weighted by molar-refractivity contribution is 7.80. The van der Waals surface area contributed by atoms with E-state index in [0.717, 1.165) is 6.07 Å². The predicted octanol–water partition coefficient (Wildman–Crippen LogP) is -3.09. The molecule has 1 rings (SSSR count). The molecular formula is C29H43N7O14S2. The van der Waals surface area contributed by atoms with Gasteiger partial charge in [-0.25, -0.2) is 0 Å². The number of benzene rings is 1. The highest BCUT2D eigenvalue weighted by atomic mass is 32.1. The third-order valence-corrected chi connectivity index (χ3v) is 7.99.